The van der Waals surface area contributed by atoms with Gasteiger partial charge in [0.05, 0.1) is 39.2 Å². The summed E-state index contributed by atoms with van der Waals surface area (Å²) in [5.74, 6) is 1.27. The molecule has 1 aliphatic heterocycles. The number of nitrogens with zero attached hydrogens (tertiary/aromatic N) is 4. The Balaban J connectivity index is 1.73. The summed E-state index contributed by atoms with van der Waals surface area (Å²) >= 11 is 0. The molecule has 0 aliphatic carbocycles. The summed E-state index contributed by atoms with van der Waals surface area (Å²) in [7, 11) is -0.347. The van der Waals surface area contributed by atoms with Gasteiger partial charge in [-0.3, -0.25) is 14.3 Å². The topological polar surface area (TPSA) is 172 Å². The largest absolute Gasteiger partial charge is 0.497 e. The van der Waals surface area contributed by atoms with Crippen LogP contribution in [0.4, 0.5) is 0 Å². The normalized spacial score (nSPS) is 18.7. The van der Waals surface area contributed by atoms with E-state index < -0.39 is 49.3 Å². The van der Waals surface area contributed by atoms with Crippen molar-refractivity contribution in [2.24, 2.45) is 0 Å². The van der Waals surface area contributed by atoms with Crippen LogP contribution < -0.4 is 20.7 Å². The molecule has 5 rings (SSSR count). The number of aryl methyl sites for hydroxylation is 1. The van der Waals surface area contributed by atoms with Crippen molar-refractivity contribution in [2.75, 3.05) is 20.4 Å². The Kier molecular flexibility index (Phi) is 13.9. The first-order chi connectivity index (χ1) is 26.8. The van der Waals surface area contributed by atoms with Gasteiger partial charge in [-0.25, -0.2) is 9.69 Å². The standard InChI is InChI=1S/C42H50N5O8P/c1-28(2)47(29(3)4)56(50,25-11-23-43)55-37-26-38(46-27-30(5)40(48)45-41(46)49)53-39(37)36(22-24-44)54-42(31-12-9-8-10-13-31,32-14-18-34(51-6)19-15-32)33-16-20-35(52-7)21-17-33/h8-10,12-21,27-29,36-39,50H,11,22,25-26H2,1-7H3/p+1/t36-,37-,38+,39+,56?/m0/s1. The van der Waals surface area contributed by atoms with Gasteiger partial charge in [-0.1, -0.05) is 54.6 Å². The molecule has 1 saturated heterocycles. The van der Waals surface area contributed by atoms with Gasteiger partial charge in [0.25, 0.3) is 5.56 Å². The van der Waals surface area contributed by atoms with E-state index in [1.54, 1.807) is 21.1 Å². The van der Waals surface area contributed by atoms with Gasteiger partial charge in [0.2, 0.25) is 0 Å². The highest BCUT2D eigenvalue weighted by Gasteiger charge is 2.56. The number of ether oxygens (including phenoxy) is 4. The third kappa shape index (κ3) is 8.90. The molecule has 1 aromatic heterocycles. The summed E-state index contributed by atoms with van der Waals surface area (Å²) in [5.41, 5.74) is -0.0637. The highest BCUT2D eigenvalue weighted by molar-refractivity contribution is 7.63. The van der Waals surface area contributed by atoms with E-state index in [4.69, 9.17) is 23.5 Å². The summed E-state index contributed by atoms with van der Waals surface area (Å²) in [6.45, 7) is 9.40. The molecule has 296 valence electrons. The average Bonchev–Trinajstić information content (AvgIpc) is 3.60. The van der Waals surface area contributed by atoms with Crippen LogP contribution in [0.15, 0.2) is 94.6 Å². The second-order valence-corrected chi connectivity index (χ2v) is 16.7. The van der Waals surface area contributed by atoms with E-state index in [0.717, 1.165) is 16.7 Å². The molecule has 2 heterocycles. The van der Waals surface area contributed by atoms with Crippen molar-refractivity contribution >= 4 is 7.87 Å². The minimum atomic E-state index is -3.52. The lowest BCUT2D eigenvalue weighted by atomic mass is 9.79. The van der Waals surface area contributed by atoms with Crippen LogP contribution in [-0.2, 0) is 19.6 Å². The molecule has 0 radical (unpaired) electrons. The van der Waals surface area contributed by atoms with E-state index >= 15 is 0 Å². The molecule has 1 fully saturated rings. The number of H-pyrrole nitrogens is 1. The number of nitriles is 2. The molecule has 56 heavy (non-hydrogen) atoms. The van der Waals surface area contributed by atoms with Crippen molar-refractivity contribution in [3.63, 3.8) is 0 Å². The first-order valence-electron chi connectivity index (χ1n) is 18.6. The number of benzene rings is 3. The smallest absolute Gasteiger partial charge is 0.347 e. The lowest BCUT2D eigenvalue weighted by Gasteiger charge is -2.41. The van der Waals surface area contributed by atoms with Gasteiger partial charge >= 0.3 is 13.6 Å². The van der Waals surface area contributed by atoms with Crippen LogP contribution in [0.25, 0.3) is 0 Å². The fourth-order valence-electron chi connectivity index (χ4n) is 7.59. The van der Waals surface area contributed by atoms with Crippen LogP contribution in [0.5, 0.6) is 11.5 Å². The Labute approximate surface area is 328 Å². The number of methoxy groups -OCH3 is 2. The molecule has 0 amide bonds. The van der Waals surface area contributed by atoms with Crippen molar-refractivity contribution in [2.45, 2.75) is 96.1 Å². The monoisotopic (exact) mass is 784 g/mol. The summed E-state index contributed by atoms with van der Waals surface area (Å²) in [6, 6.07) is 28.7. The molecule has 4 aromatic rings. The van der Waals surface area contributed by atoms with Gasteiger partial charge in [-0.2, -0.15) is 15.0 Å². The Morgan fingerprint density at radius 3 is 1.96 bits per heavy atom. The van der Waals surface area contributed by atoms with Crippen LogP contribution in [0.3, 0.4) is 0 Å². The Bertz CT molecular complexity index is 2060. The maximum atomic E-state index is 13.3. The third-order valence-corrected chi connectivity index (χ3v) is 13.0. The zero-order chi connectivity index (χ0) is 40.6. The Morgan fingerprint density at radius 1 is 0.911 bits per heavy atom. The van der Waals surface area contributed by atoms with Crippen LogP contribution >= 0.6 is 7.87 Å². The SMILES string of the molecule is COc1ccc(C(O[C@@H](CC#N)[C@H]2O[C@@H](n3cc(C)c(=O)[nH]c3=O)C[C@@H]2O[P+](O)(CCC#N)N(C(C)C)C(C)C)(c2ccccc2)c2ccc(OC)cc2)cc1. The quantitative estimate of drug-likeness (QED) is 0.0872. The highest BCUT2D eigenvalue weighted by atomic mass is 31.2. The molecule has 1 unspecified atom stereocenters. The second kappa shape index (κ2) is 18.4. The fraction of sp³-hybridized carbons (Fsp3) is 0.429. The number of nitrogens with one attached hydrogen (secondary N) is 1. The molecule has 3 aromatic carbocycles. The van der Waals surface area contributed by atoms with Crippen LogP contribution in [0.1, 0.15) is 75.4 Å². The summed E-state index contributed by atoms with van der Waals surface area (Å²) < 4.78 is 35.3. The van der Waals surface area contributed by atoms with Crippen molar-refractivity contribution in [3.8, 4) is 23.6 Å². The molecule has 5 atom stereocenters. The maximum Gasteiger partial charge on any atom is 0.347 e. The van der Waals surface area contributed by atoms with Crippen molar-refractivity contribution < 1.29 is 28.4 Å². The molecule has 0 spiro atoms. The predicted octanol–water partition coefficient (Wildman–Crippen LogP) is 6.61. The van der Waals surface area contributed by atoms with Crippen LogP contribution in [0.2, 0.25) is 0 Å². The van der Waals surface area contributed by atoms with Gasteiger partial charge in [0, 0.05) is 30.3 Å². The van der Waals surface area contributed by atoms with E-state index in [1.807, 2.05) is 111 Å². The highest BCUT2D eigenvalue weighted by Crippen LogP contribution is 2.64. The van der Waals surface area contributed by atoms with Crippen molar-refractivity contribution in [1.82, 2.24) is 14.2 Å². The molecule has 1 aliphatic rings. The van der Waals surface area contributed by atoms with Gasteiger partial charge in [0.15, 0.2) is 0 Å². The first-order valence-corrected chi connectivity index (χ1v) is 20.4. The number of aromatic amines is 1. The van der Waals surface area contributed by atoms with Gasteiger partial charge < -0.3 is 18.9 Å². The molecular weight excluding hydrogens is 733 g/mol. The van der Waals surface area contributed by atoms with Gasteiger partial charge in [-0.15, -0.1) is 4.67 Å². The number of hydrogen-bond acceptors (Lipinski definition) is 11. The maximum absolute atomic E-state index is 13.3. The van der Waals surface area contributed by atoms with Crippen LogP contribution in [0, 0.1) is 29.6 Å². The lowest BCUT2D eigenvalue weighted by Crippen LogP contribution is -2.46. The average molecular weight is 785 g/mol. The zero-order valence-corrected chi connectivity index (χ0v) is 33.8. The fourth-order valence-corrected chi connectivity index (χ4v) is 10.5. The number of rotatable bonds is 17. The minimum Gasteiger partial charge on any atom is -0.497 e. The summed E-state index contributed by atoms with van der Waals surface area (Å²) in [5, 5.41) is 20.1. The number of aromatic nitrogens is 2. The molecule has 2 N–H and O–H groups in total. The first kappa shape index (κ1) is 42.3. The van der Waals surface area contributed by atoms with E-state index in [1.165, 1.54) is 10.8 Å². The molecule has 14 heteroatoms. The third-order valence-electron chi connectivity index (χ3n) is 9.97. The van der Waals surface area contributed by atoms with Gasteiger partial charge in [-0.05, 0) is 75.6 Å². The summed E-state index contributed by atoms with van der Waals surface area (Å²) in [6.07, 6.45) is -2.57. The van der Waals surface area contributed by atoms with E-state index in [9.17, 15) is 25.0 Å². The van der Waals surface area contributed by atoms with Gasteiger partial charge in [0.1, 0.15) is 47.8 Å². The summed E-state index contributed by atoms with van der Waals surface area (Å²) in [4.78, 5) is 40.6. The van der Waals surface area contributed by atoms with Crippen LogP contribution in [-0.4, -0.2) is 69.9 Å². The second-order valence-electron chi connectivity index (χ2n) is 14.3. The van der Waals surface area contributed by atoms with E-state index in [0.29, 0.717) is 17.1 Å². The number of hydrogen-bond donors (Lipinski definition) is 2. The molecule has 0 saturated carbocycles. The van der Waals surface area contributed by atoms with Crippen molar-refractivity contribution in [3.05, 3.63) is 128 Å². The minimum absolute atomic E-state index is 0.0324. The lowest BCUT2D eigenvalue weighted by molar-refractivity contribution is -0.141. The van der Waals surface area contributed by atoms with E-state index in [-0.39, 0.29) is 37.5 Å². The zero-order valence-electron chi connectivity index (χ0n) is 32.9. The molecule has 0 bridgehead atoms. The van der Waals surface area contributed by atoms with E-state index in [2.05, 4.69) is 17.1 Å². The molecular formula is C42H51N5O8P+. The predicted molar refractivity (Wildman–Crippen MR) is 213 cm³/mol. The Hall–Kier alpha value is -4.85. The Morgan fingerprint density at radius 2 is 1.46 bits per heavy atom. The molecule has 13 nitrogen and oxygen atoms in total. The van der Waals surface area contributed by atoms with Crippen molar-refractivity contribution in [1.29, 1.82) is 10.5 Å².